The van der Waals surface area contributed by atoms with E-state index in [9.17, 15) is 13.2 Å². The number of sulfonamides is 1. The number of para-hydroxylation sites is 1. The molecule has 0 bridgehead atoms. The van der Waals surface area contributed by atoms with Gasteiger partial charge in [0.05, 0.1) is 16.8 Å². The van der Waals surface area contributed by atoms with Crippen molar-refractivity contribution in [3.05, 3.63) is 119 Å². The predicted molar refractivity (Wildman–Crippen MR) is 151 cm³/mol. The average molecular weight is 548 g/mol. The van der Waals surface area contributed by atoms with Gasteiger partial charge in [-0.15, -0.1) is 0 Å². The van der Waals surface area contributed by atoms with Crippen molar-refractivity contribution in [2.75, 3.05) is 10.8 Å². The van der Waals surface area contributed by atoms with Crippen LogP contribution in [0.1, 0.15) is 16.7 Å². The Hall–Kier alpha value is -4.14. The summed E-state index contributed by atoms with van der Waals surface area (Å²) in [5.74, 6) is 0.790. The molecule has 4 aromatic carbocycles. The number of hydrogen-bond acceptors (Lipinski definition) is 5. The maximum absolute atomic E-state index is 13.5. The van der Waals surface area contributed by atoms with Gasteiger partial charge in [-0.25, -0.2) is 13.8 Å². The summed E-state index contributed by atoms with van der Waals surface area (Å²) in [4.78, 5) is 12.8. The molecule has 1 amide bonds. The van der Waals surface area contributed by atoms with Gasteiger partial charge in [-0.1, -0.05) is 35.9 Å². The molecule has 0 aliphatic rings. The first-order valence-electron chi connectivity index (χ1n) is 11.7. The molecule has 7 nitrogen and oxygen atoms in total. The van der Waals surface area contributed by atoms with Gasteiger partial charge in [0.25, 0.3) is 15.9 Å². The van der Waals surface area contributed by atoms with E-state index in [1.54, 1.807) is 36.4 Å². The molecule has 0 atom stereocenters. The zero-order chi connectivity index (χ0) is 27.1. The Kier molecular flexibility index (Phi) is 8.45. The SMILES string of the molecule is Cc1ccc(N(CC(=O)N/N=C\c2ccc(Oc3ccccc3)cc2)S(=O)(=O)c2ccc(Cl)cc2)cc1C. The molecule has 0 fully saturated rings. The molecular weight excluding hydrogens is 522 g/mol. The van der Waals surface area contributed by atoms with Crippen molar-refractivity contribution in [3.63, 3.8) is 0 Å². The number of hydrazone groups is 1. The quantitative estimate of drug-likeness (QED) is 0.203. The molecule has 0 saturated carbocycles. The Morgan fingerprint density at radius 3 is 2.21 bits per heavy atom. The van der Waals surface area contributed by atoms with Gasteiger partial charge < -0.3 is 4.74 Å². The fourth-order valence-electron chi connectivity index (χ4n) is 3.52. The molecule has 38 heavy (non-hydrogen) atoms. The van der Waals surface area contributed by atoms with Gasteiger partial charge in [-0.3, -0.25) is 9.10 Å². The van der Waals surface area contributed by atoms with Crippen molar-refractivity contribution in [1.82, 2.24) is 5.43 Å². The van der Waals surface area contributed by atoms with Crippen molar-refractivity contribution < 1.29 is 17.9 Å². The third kappa shape index (κ3) is 6.79. The molecular formula is C29H26ClN3O4S. The van der Waals surface area contributed by atoms with Crippen LogP contribution in [0.15, 0.2) is 107 Å². The summed E-state index contributed by atoms with van der Waals surface area (Å²) in [6.45, 7) is 3.35. The highest BCUT2D eigenvalue weighted by atomic mass is 35.5. The standard InChI is InChI=1S/C29H26ClN3O4S/c1-21-8-13-25(18-22(21)2)33(38(35,36)28-16-11-24(30)12-17-28)20-29(34)32-31-19-23-9-14-27(15-10-23)37-26-6-4-3-5-7-26/h3-19H,20H2,1-2H3,(H,32,34)/b31-19-. The number of halogens is 1. The molecule has 9 heteroatoms. The number of benzene rings is 4. The van der Waals surface area contributed by atoms with Crippen molar-refractivity contribution in [2.45, 2.75) is 18.7 Å². The zero-order valence-corrected chi connectivity index (χ0v) is 22.4. The molecule has 1 N–H and O–H groups in total. The molecule has 0 spiro atoms. The average Bonchev–Trinajstić information content (AvgIpc) is 2.91. The molecule has 4 rings (SSSR count). The Morgan fingerprint density at radius 1 is 0.895 bits per heavy atom. The van der Waals surface area contributed by atoms with Crippen LogP contribution >= 0.6 is 11.6 Å². The second-order valence-corrected chi connectivity index (χ2v) is 10.8. The molecule has 0 aliphatic heterocycles. The summed E-state index contributed by atoms with van der Waals surface area (Å²) < 4.78 is 33.8. The molecule has 0 radical (unpaired) electrons. The van der Waals surface area contributed by atoms with Crippen LogP contribution in [0.25, 0.3) is 0 Å². The minimum absolute atomic E-state index is 0.0224. The first-order chi connectivity index (χ1) is 18.2. The number of rotatable bonds is 9. The lowest BCUT2D eigenvalue weighted by Crippen LogP contribution is -2.39. The molecule has 194 valence electrons. The third-order valence-electron chi connectivity index (χ3n) is 5.73. The molecule has 0 heterocycles. The fraction of sp³-hybridized carbons (Fsp3) is 0.103. The molecule has 0 aromatic heterocycles. The topological polar surface area (TPSA) is 88.1 Å². The first-order valence-corrected chi connectivity index (χ1v) is 13.5. The van der Waals surface area contributed by atoms with Crippen molar-refractivity contribution in [1.29, 1.82) is 0 Å². The van der Waals surface area contributed by atoms with Gasteiger partial charge in [0, 0.05) is 5.02 Å². The van der Waals surface area contributed by atoms with Crippen LogP contribution in [0, 0.1) is 13.8 Å². The predicted octanol–water partition coefficient (Wildman–Crippen LogP) is 6.09. The highest BCUT2D eigenvalue weighted by Gasteiger charge is 2.27. The van der Waals surface area contributed by atoms with Crippen LogP contribution in [0.2, 0.25) is 5.02 Å². The summed E-state index contributed by atoms with van der Waals surface area (Å²) in [7, 11) is -4.06. The monoisotopic (exact) mass is 547 g/mol. The molecule has 0 unspecified atom stereocenters. The number of nitrogens with one attached hydrogen (secondary N) is 1. The largest absolute Gasteiger partial charge is 0.457 e. The number of amides is 1. The van der Waals surface area contributed by atoms with Crippen LogP contribution in [-0.4, -0.2) is 27.1 Å². The maximum Gasteiger partial charge on any atom is 0.264 e. The molecule has 0 aliphatic carbocycles. The van der Waals surface area contributed by atoms with E-state index in [-0.39, 0.29) is 4.90 Å². The number of nitrogens with zero attached hydrogens (tertiary/aromatic N) is 2. The van der Waals surface area contributed by atoms with E-state index in [1.165, 1.54) is 30.5 Å². The fourth-order valence-corrected chi connectivity index (χ4v) is 5.06. The van der Waals surface area contributed by atoms with Crippen LogP contribution < -0.4 is 14.5 Å². The summed E-state index contributed by atoms with van der Waals surface area (Å²) in [6, 6.07) is 27.6. The van der Waals surface area contributed by atoms with E-state index < -0.39 is 22.5 Å². The number of aryl methyl sites for hydroxylation is 2. The van der Waals surface area contributed by atoms with Crippen LogP contribution in [0.3, 0.4) is 0 Å². The number of carbonyl (C=O) groups excluding carboxylic acids is 1. The maximum atomic E-state index is 13.5. The Morgan fingerprint density at radius 2 is 1.55 bits per heavy atom. The normalized spacial score (nSPS) is 11.3. The van der Waals surface area contributed by atoms with E-state index >= 15 is 0 Å². The highest BCUT2D eigenvalue weighted by molar-refractivity contribution is 7.92. The minimum atomic E-state index is -4.06. The lowest BCUT2D eigenvalue weighted by atomic mass is 10.1. The number of hydrogen-bond donors (Lipinski definition) is 1. The lowest BCUT2D eigenvalue weighted by molar-refractivity contribution is -0.119. The molecule has 4 aromatic rings. The van der Waals surface area contributed by atoms with Crippen LogP contribution in [0.5, 0.6) is 11.5 Å². The van der Waals surface area contributed by atoms with Crippen molar-refractivity contribution in [2.24, 2.45) is 5.10 Å². The summed E-state index contributed by atoms with van der Waals surface area (Å²) in [6.07, 6.45) is 1.47. The van der Waals surface area contributed by atoms with Gasteiger partial charge in [-0.2, -0.15) is 5.10 Å². The van der Waals surface area contributed by atoms with Gasteiger partial charge in [0.15, 0.2) is 0 Å². The van der Waals surface area contributed by atoms with Gasteiger partial charge >= 0.3 is 0 Å². The second kappa shape index (κ2) is 11.9. The zero-order valence-electron chi connectivity index (χ0n) is 20.8. The second-order valence-electron chi connectivity index (χ2n) is 8.51. The lowest BCUT2D eigenvalue weighted by Gasteiger charge is -2.24. The van der Waals surface area contributed by atoms with Gasteiger partial charge in [0.1, 0.15) is 18.0 Å². The summed E-state index contributed by atoms with van der Waals surface area (Å²) in [5, 5.41) is 4.41. The van der Waals surface area contributed by atoms with E-state index in [2.05, 4.69) is 10.5 Å². The van der Waals surface area contributed by atoms with E-state index in [1.807, 2.05) is 50.2 Å². The molecule has 0 saturated heterocycles. The summed E-state index contributed by atoms with van der Waals surface area (Å²) >= 11 is 5.94. The summed E-state index contributed by atoms with van der Waals surface area (Å²) in [5.41, 5.74) is 5.42. The van der Waals surface area contributed by atoms with Crippen molar-refractivity contribution in [3.8, 4) is 11.5 Å². The van der Waals surface area contributed by atoms with Gasteiger partial charge in [-0.05, 0) is 103 Å². The number of ether oxygens (including phenoxy) is 1. The van der Waals surface area contributed by atoms with Crippen molar-refractivity contribution >= 4 is 39.4 Å². The van der Waals surface area contributed by atoms with Crippen LogP contribution in [0.4, 0.5) is 5.69 Å². The van der Waals surface area contributed by atoms with E-state index in [0.29, 0.717) is 16.5 Å². The third-order valence-corrected chi connectivity index (χ3v) is 7.77. The smallest absolute Gasteiger partial charge is 0.264 e. The highest BCUT2D eigenvalue weighted by Crippen LogP contribution is 2.26. The Balaban J connectivity index is 1.47. The number of anilines is 1. The van der Waals surface area contributed by atoms with Crippen LogP contribution in [-0.2, 0) is 14.8 Å². The Bertz CT molecular complexity index is 1540. The van der Waals surface area contributed by atoms with Gasteiger partial charge in [0.2, 0.25) is 0 Å². The first kappa shape index (κ1) is 26.9. The van der Waals surface area contributed by atoms with E-state index in [0.717, 1.165) is 26.7 Å². The Labute approximate surface area is 227 Å². The number of carbonyl (C=O) groups is 1. The van der Waals surface area contributed by atoms with E-state index in [4.69, 9.17) is 16.3 Å². The minimum Gasteiger partial charge on any atom is -0.457 e.